The zero-order valence-corrected chi connectivity index (χ0v) is 22.8. The van der Waals surface area contributed by atoms with Gasteiger partial charge in [-0.25, -0.2) is 14.8 Å². The van der Waals surface area contributed by atoms with Gasteiger partial charge in [0.15, 0.2) is 0 Å². The Morgan fingerprint density at radius 1 is 1.02 bits per heavy atom. The van der Waals surface area contributed by atoms with Crippen LogP contribution in [0, 0.1) is 0 Å². The van der Waals surface area contributed by atoms with Crippen LogP contribution in [0.5, 0.6) is 0 Å². The van der Waals surface area contributed by atoms with Crippen LogP contribution in [-0.2, 0) is 11.8 Å². The second-order valence-electron chi connectivity index (χ2n) is 11.2. The number of carbonyl (C=O) groups excluding carboxylic acids is 1. The maximum Gasteiger partial charge on any atom is 0.416 e. The number of urea groups is 1. The largest absolute Gasteiger partial charge is 0.416 e. The second kappa shape index (κ2) is 9.76. The molecule has 4 aromatic rings. The van der Waals surface area contributed by atoms with Crippen molar-refractivity contribution in [1.82, 2.24) is 24.2 Å². The topological polar surface area (TPSA) is 100.0 Å². The standard InChI is InChI=1S/C30H31F3N6O2/c1-29(41,21-4-3-5-22(16-21)30(31,32)33)20-9-6-18(7-10-20)24-25-26(34)35-13-15-38(25)27(36-24)19-8-11-23-12-14-37(2)28(40)39(23)17-19/h3-7,9-10,13,15-16,19,23,41H,8,11-12,14,17H2,1-2H3,(H2,34,35)/t19-,23+,29+/m1/s1. The number of hydrogen-bond acceptors (Lipinski definition) is 5. The summed E-state index contributed by atoms with van der Waals surface area (Å²) >= 11 is 0. The number of anilines is 1. The van der Waals surface area contributed by atoms with Crippen LogP contribution in [0.2, 0.25) is 0 Å². The highest BCUT2D eigenvalue weighted by Crippen LogP contribution is 2.39. The second-order valence-corrected chi connectivity index (χ2v) is 11.2. The third-order valence-corrected chi connectivity index (χ3v) is 8.52. The van der Waals surface area contributed by atoms with Gasteiger partial charge in [0.2, 0.25) is 0 Å². The van der Waals surface area contributed by atoms with Crippen molar-refractivity contribution >= 4 is 17.4 Å². The molecule has 2 aliphatic rings. The fraction of sp³-hybridized carbons (Fsp3) is 0.367. The summed E-state index contributed by atoms with van der Waals surface area (Å²) in [6.45, 7) is 2.80. The van der Waals surface area contributed by atoms with Gasteiger partial charge in [0.25, 0.3) is 0 Å². The highest BCUT2D eigenvalue weighted by atomic mass is 19.4. The van der Waals surface area contributed by atoms with Gasteiger partial charge in [-0.3, -0.25) is 4.40 Å². The van der Waals surface area contributed by atoms with Crippen molar-refractivity contribution in [1.29, 1.82) is 0 Å². The zero-order valence-electron chi connectivity index (χ0n) is 22.8. The molecule has 11 heteroatoms. The number of carbonyl (C=O) groups is 1. The molecule has 8 nitrogen and oxygen atoms in total. The van der Waals surface area contributed by atoms with Gasteiger partial charge in [-0.15, -0.1) is 0 Å². The molecule has 0 bridgehead atoms. The van der Waals surface area contributed by atoms with E-state index in [0.29, 0.717) is 29.1 Å². The summed E-state index contributed by atoms with van der Waals surface area (Å²) in [6, 6.07) is 11.9. The van der Waals surface area contributed by atoms with Crippen LogP contribution in [0.4, 0.5) is 23.8 Å². The average Bonchev–Trinajstić information content (AvgIpc) is 3.36. The molecular weight excluding hydrogens is 533 g/mol. The van der Waals surface area contributed by atoms with Crippen LogP contribution in [-0.4, -0.2) is 61.5 Å². The number of amides is 2. The van der Waals surface area contributed by atoms with Gasteiger partial charge in [0, 0.05) is 50.1 Å². The van der Waals surface area contributed by atoms with Crippen LogP contribution in [0.3, 0.4) is 0 Å². The maximum atomic E-state index is 13.3. The van der Waals surface area contributed by atoms with Gasteiger partial charge in [-0.2, -0.15) is 13.2 Å². The van der Waals surface area contributed by atoms with Crippen LogP contribution in [0.25, 0.3) is 16.8 Å². The minimum absolute atomic E-state index is 0.00525. The Morgan fingerprint density at radius 3 is 2.49 bits per heavy atom. The minimum Gasteiger partial charge on any atom is -0.382 e. The first kappa shape index (κ1) is 27.1. The summed E-state index contributed by atoms with van der Waals surface area (Å²) in [6.07, 6.45) is 1.67. The number of halogens is 3. The highest BCUT2D eigenvalue weighted by Gasteiger charge is 2.39. The fourth-order valence-corrected chi connectivity index (χ4v) is 6.12. The summed E-state index contributed by atoms with van der Waals surface area (Å²) in [5.74, 6) is 1.11. The van der Waals surface area contributed by atoms with Crippen molar-refractivity contribution in [3.05, 3.63) is 83.4 Å². The Bertz CT molecular complexity index is 1620. The number of nitrogen functional groups attached to an aromatic ring is 1. The van der Waals surface area contributed by atoms with E-state index in [2.05, 4.69) is 4.98 Å². The van der Waals surface area contributed by atoms with E-state index in [0.717, 1.165) is 49.3 Å². The van der Waals surface area contributed by atoms with Crippen LogP contribution >= 0.6 is 0 Å². The number of nitrogens with zero attached hydrogens (tertiary/aromatic N) is 5. The van der Waals surface area contributed by atoms with Gasteiger partial charge >= 0.3 is 12.2 Å². The maximum absolute atomic E-state index is 13.3. The number of aliphatic hydroxyl groups is 1. The number of imidazole rings is 1. The molecule has 0 radical (unpaired) electrons. The molecule has 2 amide bonds. The molecule has 2 fully saturated rings. The predicted molar refractivity (Wildman–Crippen MR) is 148 cm³/mol. The Morgan fingerprint density at radius 2 is 1.76 bits per heavy atom. The lowest BCUT2D eigenvalue weighted by Crippen LogP contribution is -2.56. The van der Waals surface area contributed by atoms with Crippen molar-refractivity contribution in [2.24, 2.45) is 0 Å². The summed E-state index contributed by atoms with van der Waals surface area (Å²) in [5.41, 5.74) is 6.40. The Balaban J connectivity index is 1.35. The van der Waals surface area contributed by atoms with E-state index in [1.165, 1.54) is 19.1 Å². The van der Waals surface area contributed by atoms with Gasteiger partial charge in [0.1, 0.15) is 28.5 Å². The summed E-state index contributed by atoms with van der Waals surface area (Å²) in [5, 5.41) is 11.3. The minimum atomic E-state index is -4.51. The van der Waals surface area contributed by atoms with E-state index in [1.807, 2.05) is 22.5 Å². The predicted octanol–water partition coefficient (Wildman–Crippen LogP) is 5.26. The number of hydrogen-bond donors (Lipinski definition) is 2. The lowest BCUT2D eigenvalue weighted by molar-refractivity contribution is -0.137. The molecule has 2 saturated heterocycles. The van der Waals surface area contributed by atoms with Crippen molar-refractivity contribution < 1.29 is 23.1 Å². The smallest absolute Gasteiger partial charge is 0.382 e. The molecule has 0 unspecified atom stereocenters. The van der Waals surface area contributed by atoms with Crippen LogP contribution in [0.1, 0.15) is 54.6 Å². The number of nitrogens with two attached hydrogens (primary N) is 1. The first-order valence-corrected chi connectivity index (χ1v) is 13.6. The third-order valence-electron chi connectivity index (χ3n) is 8.52. The quantitative estimate of drug-likeness (QED) is 0.353. The lowest BCUT2D eigenvalue weighted by atomic mass is 9.87. The van der Waals surface area contributed by atoms with E-state index in [-0.39, 0.29) is 23.6 Å². The molecular formula is C30H31F3N6O2. The normalized spacial score (nSPS) is 21.2. The Kier molecular flexibility index (Phi) is 6.44. The van der Waals surface area contributed by atoms with Gasteiger partial charge < -0.3 is 20.6 Å². The summed E-state index contributed by atoms with van der Waals surface area (Å²) in [7, 11) is 1.83. The third kappa shape index (κ3) is 4.67. The lowest BCUT2D eigenvalue weighted by Gasteiger charge is -2.45. The number of benzene rings is 2. The van der Waals surface area contributed by atoms with Crippen molar-refractivity contribution in [3.8, 4) is 11.3 Å². The van der Waals surface area contributed by atoms with E-state index in [9.17, 15) is 23.1 Å². The molecule has 6 rings (SSSR count). The molecule has 2 aromatic carbocycles. The van der Waals surface area contributed by atoms with Crippen molar-refractivity contribution in [2.45, 2.75) is 49.9 Å². The monoisotopic (exact) mass is 564 g/mol. The average molecular weight is 565 g/mol. The van der Waals surface area contributed by atoms with E-state index in [1.54, 1.807) is 35.4 Å². The first-order valence-electron chi connectivity index (χ1n) is 13.6. The van der Waals surface area contributed by atoms with Gasteiger partial charge in [-0.05, 0) is 49.4 Å². The molecule has 2 aromatic heterocycles. The molecule has 4 heterocycles. The van der Waals surface area contributed by atoms with E-state index in [4.69, 9.17) is 10.7 Å². The molecule has 41 heavy (non-hydrogen) atoms. The van der Waals surface area contributed by atoms with Crippen molar-refractivity contribution in [3.63, 3.8) is 0 Å². The number of aromatic nitrogens is 3. The fourth-order valence-electron chi connectivity index (χ4n) is 6.12. The van der Waals surface area contributed by atoms with E-state index < -0.39 is 17.3 Å². The van der Waals surface area contributed by atoms with Crippen molar-refractivity contribution in [2.75, 3.05) is 25.9 Å². The summed E-state index contributed by atoms with van der Waals surface area (Å²) in [4.78, 5) is 25.9. The van der Waals surface area contributed by atoms with Crippen LogP contribution in [0.15, 0.2) is 60.9 Å². The molecule has 0 aliphatic carbocycles. The number of rotatable bonds is 4. The molecule has 3 N–H and O–H groups in total. The molecule has 3 atom stereocenters. The summed E-state index contributed by atoms with van der Waals surface area (Å²) < 4.78 is 41.8. The highest BCUT2D eigenvalue weighted by molar-refractivity contribution is 5.85. The number of piperidine rings is 1. The zero-order chi connectivity index (χ0) is 29.1. The van der Waals surface area contributed by atoms with Crippen LogP contribution < -0.4 is 5.73 Å². The molecule has 0 spiro atoms. The molecule has 214 valence electrons. The number of fused-ring (bicyclic) bond motifs is 2. The van der Waals surface area contributed by atoms with Gasteiger partial charge in [0.05, 0.1) is 5.56 Å². The van der Waals surface area contributed by atoms with Gasteiger partial charge in [-0.1, -0.05) is 36.4 Å². The Labute approximate surface area is 235 Å². The molecule has 2 aliphatic heterocycles. The van der Waals surface area contributed by atoms with E-state index >= 15 is 0 Å². The SMILES string of the molecule is CN1CC[C@@H]2CC[C@@H](c3nc(-c4ccc([C@](C)(O)c5cccc(C(F)(F)F)c5)cc4)c4c(N)nccn34)CN2C1=O. The first-order chi connectivity index (χ1) is 19.4. The molecule has 0 saturated carbocycles. The Hall–Kier alpha value is -4.12. The number of alkyl halides is 3.